The fourth-order valence-electron chi connectivity index (χ4n) is 6.93. The first-order chi connectivity index (χ1) is 19.8. The van der Waals surface area contributed by atoms with Gasteiger partial charge in [-0.15, -0.1) is 0 Å². The van der Waals surface area contributed by atoms with Gasteiger partial charge in [0.05, 0.1) is 32.8 Å². The second-order valence-electron chi connectivity index (χ2n) is 10.3. The molecule has 2 amide bonds. The van der Waals surface area contributed by atoms with Crippen LogP contribution in [0.2, 0.25) is 0 Å². The summed E-state index contributed by atoms with van der Waals surface area (Å²) < 4.78 is 0. The van der Waals surface area contributed by atoms with Crippen LogP contribution >= 0.6 is 0 Å². The minimum Gasteiger partial charge on any atom is -0.274 e. The lowest BCUT2D eigenvalue weighted by molar-refractivity contribution is -0.384. The molecule has 4 aliphatic rings. The predicted molar refractivity (Wildman–Crippen MR) is 149 cm³/mol. The van der Waals surface area contributed by atoms with Crippen molar-refractivity contribution in [2.45, 2.75) is 11.3 Å². The normalized spacial score (nSPS) is 23.8. The first-order valence-corrected chi connectivity index (χ1v) is 12.9. The molecule has 3 aliphatic carbocycles. The first kappa shape index (κ1) is 24.5. The zero-order valence-electron chi connectivity index (χ0n) is 21.3. The number of non-ortho nitro benzene ring substituents is 1. The molecule has 2 atom stereocenters. The number of nitrogens with zero attached hydrogens (tertiary/aromatic N) is 4. The molecule has 0 radical (unpaired) electrons. The van der Waals surface area contributed by atoms with Gasteiger partial charge >= 0.3 is 0 Å². The fourth-order valence-corrected chi connectivity index (χ4v) is 6.93. The Morgan fingerprint density at radius 3 is 1.93 bits per heavy atom. The molecule has 1 aliphatic heterocycles. The molecule has 41 heavy (non-hydrogen) atoms. The van der Waals surface area contributed by atoms with Crippen LogP contribution in [0, 0.1) is 32.1 Å². The van der Waals surface area contributed by atoms with Crippen molar-refractivity contribution in [3.63, 3.8) is 0 Å². The second-order valence-corrected chi connectivity index (χ2v) is 10.3. The molecule has 1 heterocycles. The first-order valence-electron chi connectivity index (χ1n) is 12.9. The number of rotatable bonds is 5. The van der Waals surface area contributed by atoms with Crippen LogP contribution in [0.1, 0.15) is 28.2 Å². The standard InChI is InChI=1S/C31H20N4O6/c36-29-27-26-20-7-1-3-9-22(20)31(23-10-4-2-8-21(23)26,17-32-18-13-15-19(16-14-18)34(38)39)28(27)30(37)33(29)24-11-5-6-12-25(24)35(40)41/h1-17,26-28H/t26?,27-,28+,31?/m0/s1. The van der Waals surface area contributed by atoms with Gasteiger partial charge in [-0.25, -0.2) is 4.90 Å². The molecule has 1 fully saturated rings. The van der Waals surface area contributed by atoms with E-state index in [0.717, 1.165) is 27.2 Å². The number of benzene rings is 4. The van der Waals surface area contributed by atoms with E-state index in [1.807, 2.05) is 48.5 Å². The van der Waals surface area contributed by atoms with Gasteiger partial charge in [0.2, 0.25) is 11.8 Å². The molecule has 2 bridgehead atoms. The number of anilines is 1. The molecule has 1 saturated heterocycles. The van der Waals surface area contributed by atoms with E-state index < -0.39 is 44.8 Å². The van der Waals surface area contributed by atoms with Crippen LogP contribution < -0.4 is 4.90 Å². The number of aliphatic imine (C=N–C) groups is 1. The van der Waals surface area contributed by atoms with E-state index in [4.69, 9.17) is 4.99 Å². The third-order valence-electron chi connectivity index (χ3n) is 8.48. The Balaban J connectivity index is 1.47. The Hall–Kier alpha value is -5.51. The minimum absolute atomic E-state index is 0.0585. The summed E-state index contributed by atoms with van der Waals surface area (Å²) in [4.78, 5) is 56.3. The lowest BCUT2D eigenvalue weighted by Crippen LogP contribution is -2.54. The average molecular weight is 545 g/mol. The largest absolute Gasteiger partial charge is 0.293 e. The maximum atomic E-state index is 14.4. The van der Waals surface area contributed by atoms with Crippen LogP contribution in [-0.4, -0.2) is 27.9 Å². The van der Waals surface area contributed by atoms with Gasteiger partial charge < -0.3 is 0 Å². The highest BCUT2D eigenvalue weighted by molar-refractivity contribution is 6.25. The Labute approximate surface area is 232 Å². The zero-order valence-corrected chi connectivity index (χ0v) is 21.3. The fraction of sp³-hybridized carbons (Fsp3) is 0.129. The smallest absolute Gasteiger partial charge is 0.274 e. The average Bonchev–Trinajstić information content (AvgIpc) is 3.26. The molecule has 10 nitrogen and oxygen atoms in total. The third kappa shape index (κ3) is 3.27. The van der Waals surface area contributed by atoms with Crippen LogP contribution in [0.25, 0.3) is 0 Å². The monoisotopic (exact) mass is 544 g/mol. The summed E-state index contributed by atoms with van der Waals surface area (Å²) >= 11 is 0. The van der Waals surface area contributed by atoms with E-state index >= 15 is 0 Å². The summed E-state index contributed by atoms with van der Waals surface area (Å²) in [7, 11) is 0. The highest BCUT2D eigenvalue weighted by Gasteiger charge is 2.68. The summed E-state index contributed by atoms with van der Waals surface area (Å²) in [5, 5.41) is 23.0. The van der Waals surface area contributed by atoms with Gasteiger partial charge in [0, 0.05) is 30.3 Å². The maximum absolute atomic E-state index is 14.4. The predicted octanol–water partition coefficient (Wildman–Crippen LogP) is 5.46. The number of amides is 2. The van der Waals surface area contributed by atoms with Gasteiger partial charge in [0.25, 0.3) is 11.4 Å². The lowest BCUT2D eigenvalue weighted by Gasteiger charge is -2.52. The number of hydrogen-bond acceptors (Lipinski definition) is 7. The molecule has 0 aromatic heterocycles. The van der Waals surface area contributed by atoms with Gasteiger partial charge in [-0.05, 0) is 40.5 Å². The number of hydrogen-bond donors (Lipinski definition) is 0. The lowest BCUT2D eigenvalue weighted by atomic mass is 9.47. The summed E-state index contributed by atoms with van der Waals surface area (Å²) in [6.07, 6.45) is 1.67. The van der Waals surface area contributed by atoms with Crippen molar-refractivity contribution in [2.24, 2.45) is 16.8 Å². The van der Waals surface area contributed by atoms with Gasteiger partial charge in [-0.2, -0.15) is 0 Å². The molecule has 10 heteroatoms. The molecule has 0 saturated carbocycles. The maximum Gasteiger partial charge on any atom is 0.293 e. The van der Waals surface area contributed by atoms with Crippen molar-refractivity contribution in [3.8, 4) is 0 Å². The van der Waals surface area contributed by atoms with Crippen molar-refractivity contribution >= 4 is 40.8 Å². The topological polar surface area (TPSA) is 136 Å². The van der Waals surface area contributed by atoms with E-state index in [9.17, 15) is 29.8 Å². The zero-order chi connectivity index (χ0) is 28.5. The number of carbonyl (C=O) groups is 2. The molecular formula is C31H20N4O6. The molecule has 0 unspecified atom stereocenters. The van der Waals surface area contributed by atoms with Gasteiger partial charge in [-0.1, -0.05) is 60.7 Å². The van der Waals surface area contributed by atoms with Gasteiger partial charge in [0.15, 0.2) is 0 Å². The summed E-state index contributed by atoms with van der Waals surface area (Å²) in [5.41, 5.74) is 2.27. The number of imide groups is 1. The number of carbonyl (C=O) groups excluding carboxylic acids is 2. The summed E-state index contributed by atoms with van der Waals surface area (Å²) in [6.45, 7) is 0. The van der Waals surface area contributed by atoms with Crippen LogP contribution in [0.15, 0.2) is 102 Å². The second kappa shape index (κ2) is 8.75. The SMILES string of the molecule is O=C1[C@H]2C3c4ccccc4C(C=Nc4ccc([N+](=O)[O-])cc4)(c4ccccc43)[C@H]2C(=O)N1c1ccccc1[N+](=O)[O-]. The molecule has 4 aromatic rings. The van der Waals surface area contributed by atoms with Crippen LogP contribution in [0.4, 0.5) is 22.7 Å². The molecule has 0 spiro atoms. The van der Waals surface area contributed by atoms with Crippen LogP contribution in [0.3, 0.4) is 0 Å². The molecule has 8 rings (SSSR count). The Bertz CT molecular complexity index is 1790. The Morgan fingerprint density at radius 1 is 0.732 bits per heavy atom. The van der Waals surface area contributed by atoms with Crippen molar-refractivity contribution < 1.29 is 19.4 Å². The van der Waals surface area contributed by atoms with Crippen LogP contribution in [0.5, 0.6) is 0 Å². The van der Waals surface area contributed by atoms with E-state index in [-0.39, 0.29) is 17.1 Å². The van der Waals surface area contributed by atoms with E-state index in [2.05, 4.69) is 0 Å². The van der Waals surface area contributed by atoms with Crippen molar-refractivity contribution in [2.75, 3.05) is 4.90 Å². The van der Waals surface area contributed by atoms with E-state index in [0.29, 0.717) is 5.69 Å². The summed E-state index contributed by atoms with van der Waals surface area (Å²) in [6, 6.07) is 26.8. The molecule has 200 valence electrons. The Kier molecular flexibility index (Phi) is 5.23. The number of nitro benzene ring substituents is 2. The van der Waals surface area contributed by atoms with Crippen molar-refractivity contribution in [1.82, 2.24) is 0 Å². The van der Waals surface area contributed by atoms with Crippen LogP contribution in [-0.2, 0) is 15.0 Å². The quantitative estimate of drug-likeness (QED) is 0.142. The minimum atomic E-state index is -1.17. The Morgan fingerprint density at radius 2 is 1.32 bits per heavy atom. The number of para-hydroxylation sites is 2. The third-order valence-corrected chi connectivity index (χ3v) is 8.48. The van der Waals surface area contributed by atoms with Crippen molar-refractivity contribution in [3.05, 3.63) is 140 Å². The van der Waals surface area contributed by atoms with E-state index in [1.54, 1.807) is 12.3 Å². The molecule has 0 N–H and O–H groups in total. The highest BCUT2D eigenvalue weighted by atomic mass is 16.6. The number of nitro groups is 2. The van der Waals surface area contributed by atoms with Crippen molar-refractivity contribution in [1.29, 1.82) is 0 Å². The van der Waals surface area contributed by atoms with Gasteiger partial charge in [-0.3, -0.25) is 34.8 Å². The summed E-state index contributed by atoms with van der Waals surface area (Å²) in [5.74, 6) is -3.16. The highest BCUT2D eigenvalue weighted by Crippen LogP contribution is 2.64. The molecular weight excluding hydrogens is 524 g/mol. The molecule has 4 aromatic carbocycles. The van der Waals surface area contributed by atoms with Gasteiger partial charge in [0.1, 0.15) is 5.69 Å². The van der Waals surface area contributed by atoms with E-state index in [1.165, 1.54) is 42.5 Å².